The molecule has 0 radical (unpaired) electrons. The zero-order valence-electron chi connectivity index (χ0n) is 16.7. The van der Waals surface area contributed by atoms with Crippen molar-refractivity contribution in [2.24, 2.45) is 0 Å². The second kappa shape index (κ2) is 9.38. The molecule has 0 spiro atoms. The predicted molar refractivity (Wildman–Crippen MR) is 116 cm³/mol. The summed E-state index contributed by atoms with van der Waals surface area (Å²) in [6.45, 7) is 7.31. The molecule has 1 N–H and O–H groups in total. The van der Waals surface area contributed by atoms with Gasteiger partial charge >= 0.3 is 0 Å². The number of hydrogen-bond donors (Lipinski definition) is 1. The molecule has 1 saturated heterocycles. The Labute approximate surface area is 168 Å². The van der Waals surface area contributed by atoms with Crippen LogP contribution in [-0.2, 0) is 19.4 Å². The molecule has 2 aromatic rings. The molecule has 4 nitrogen and oxygen atoms in total. The van der Waals surface area contributed by atoms with Crippen LogP contribution >= 0.6 is 12.2 Å². The maximum Gasteiger partial charge on any atom is 0.174 e. The van der Waals surface area contributed by atoms with Gasteiger partial charge in [0.25, 0.3) is 0 Å². The molecule has 5 heteroatoms. The van der Waals surface area contributed by atoms with Gasteiger partial charge in [0.2, 0.25) is 0 Å². The van der Waals surface area contributed by atoms with Gasteiger partial charge in [-0.3, -0.25) is 0 Å². The van der Waals surface area contributed by atoms with Crippen molar-refractivity contribution in [3.05, 3.63) is 53.5 Å². The van der Waals surface area contributed by atoms with Gasteiger partial charge in [0.05, 0.1) is 12.8 Å². The van der Waals surface area contributed by atoms with Crippen LogP contribution in [-0.4, -0.2) is 41.1 Å². The van der Waals surface area contributed by atoms with Crippen molar-refractivity contribution >= 4 is 23.0 Å². The monoisotopic (exact) mass is 385 g/mol. The molecule has 27 heavy (non-hydrogen) atoms. The van der Waals surface area contributed by atoms with Crippen LogP contribution in [0.1, 0.15) is 43.6 Å². The summed E-state index contributed by atoms with van der Waals surface area (Å²) in [7, 11) is 2.19. The third-order valence-corrected chi connectivity index (χ3v) is 5.86. The van der Waals surface area contributed by atoms with Gasteiger partial charge in [-0.2, -0.15) is 0 Å². The molecule has 1 aromatic heterocycles. The van der Waals surface area contributed by atoms with Crippen LogP contribution in [0, 0.1) is 0 Å². The third-order valence-electron chi connectivity index (χ3n) is 5.53. The lowest BCUT2D eigenvalue weighted by atomic mass is 10.0. The molecule has 146 valence electrons. The van der Waals surface area contributed by atoms with E-state index in [1.54, 1.807) is 6.26 Å². The van der Waals surface area contributed by atoms with Crippen molar-refractivity contribution in [1.29, 1.82) is 0 Å². The van der Waals surface area contributed by atoms with Crippen LogP contribution in [0.15, 0.2) is 41.0 Å². The Morgan fingerprint density at radius 2 is 1.81 bits per heavy atom. The topological polar surface area (TPSA) is 31.6 Å². The second-order valence-electron chi connectivity index (χ2n) is 7.33. The van der Waals surface area contributed by atoms with Crippen molar-refractivity contribution in [3.8, 4) is 0 Å². The van der Waals surface area contributed by atoms with E-state index in [1.807, 2.05) is 12.1 Å². The van der Waals surface area contributed by atoms with Gasteiger partial charge in [-0.15, -0.1) is 0 Å². The molecule has 2 heterocycles. The van der Waals surface area contributed by atoms with E-state index in [2.05, 4.69) is 54.2 Å². The highest BCUT2D eigenvalue weighted by atomic mass is 32.1. The average molecular weight is 386 g/mol. The SMILES string of the molecule is CCc1cccc(CC)c1NC(=S)N(Cc1ccco1)C1CCN(C)CC1. The molecule has 1 fully saturated rings. The first-order valence-corrected chi connectivity index (χ1v) is 10.4. The van der Waals surface area contributed by atoms with Crippen LogP contribution in [0.4, 0.5) is 5.69 Å². The zero-order valence-corrected chi connectivity index (χ0v) is 17.5. The fraction of sp³-hybridized carbons (Fsp3) is 0.500. The maximum atomic E-state index is 5.92. The molecule has 3 rings (SSSR count). The number of nitrogens with one attached hydrogen (secondary N) is 1. The van der Waals surface area contributed by atoms with E-state index < -0.39 is 0 Å². The number of thiocarbonyl (C=S) groups is 1. The molecular formula is C22H31N3OS. The number of nitrogens with zero attached hydrogens (tertiary/aromatic N) is 2. The molecule has 1 aliphatic rings. The van der Waals surface area contributed by atoms with Crippen molar-refractivity contribution < 1.29 is 4.42 Å². The standard InChI is InChI=1S/C22H31N3OS/c1-4-17-8-6-9-18(5-2)21(17)23-22(27)25(16-20-10-7-15-26-20)19-11-13-24(3)14-12-19/h6-10,15,19H,4-5,11-14,16H2,1-3H3,(H,23,27). The summed E-state index contributed by atoms with van der Waals surface area (Å²) < 4.78 is 5.63. The number of rotatable bonds is 6. The molecule has 0 aliphatic carbocycles. The fourth-order valence-electron chi connectivity index (χ4n) is 3.83. The van der Waals surface area contributed by atoms with E-state index in [0.717, 1.165) is 49.6 Å². The Morgan fingerprint density at radius 3 is 2.37 bits per heavy atom. The van der Waals surface area contributed by atoms with Gasteiger partial charge in [-0.1, -0.05) is 32.0 Å². The molecule has 0 bridgehead atoms. The van der Waals surface area contributed by atoms with E-state index in [1.165, 1.54) is 16.8 Å². The lowest BCUT2D eigenvalue weighted by molar-refractivity contribution is 0.168. The van der Waals surface area contributed by atoms with Gasteiger partial charge in [0.1, 0.15) is 5.76 Å². The van der Waals surface area contributed by atoms with E-state index in [9.17, 15) is 0 Å². The second-order valence-corrected chi connectivity index (χ2v) is 7.72. The van der Waals surface area contributed by atoms with Gasteiger partial charge in [0, 0.05) is 11.7 Å². The van der Waals surface area contributed by atoms with Crippen molar-refractivity contribution in [2.45, 2.75) is 52.1 Å². The third kappa shape index (κ3) is 4.90. The summed E-state index contributed by atoms with van der Waals surface area (Å²) in [4.78, 5) is 4.71. The Balaban J connectivity index is 1.82. The number of hydrogen-bond acceptors (Lipinski definition) is 3. The van der Waals surface area contributed by atoms with Crippen LogP contribution in [0.3, 0.4) is 0 Å². The minimum absolute atomic E-state index is 0.435. The quantitative estimate of drug-likeness (QED) is 0.729. The molecular weight excluding hydrogens is 354 g/mol. The number of furan rings is 1. The van der Waals surface area contributed by atoms with E-state index in [4.69, 9.17) is 16.6 Å². The van der Waals surface area contributed by atoms with Gasteiger partial charge in [0.15, 0.2) is 5.11 Å². The number of aryl methyl sites for hydroxylation is 2. The first-order valence-electron chi connectivity index (χ1n) is 10.0. The van der Waals surface area contributed by atoms with E-state index in [0.29, 0.717) is 12.6 Å². The predicted octanol–water partition coefficient (Wildman–Crippen LogP) is 4.70. The lowest BCUT2D eigenvalue weighted by Gasteiger charge is -2.38. The van der Waals surface area contributed by atoms with Crippen LogP contribution in [0.5, 0.6) is 0 Å². The first-order chi connectivity index (χ1) is 13.1. The van der Waals surface area contributed by atoms with E-state index >= 15 is 0 Å². The highest BCUT2D eigenvalue weighted by Crippen LogP contribution is 2.25. The molecule has 0 unspecified atom stereocenters. The summed E-state index contributed by atoms with van der Waals surface area (Å²) in [5.41, 5.74) is 3.82. The van der Waals surface area contributed by atoms with Gasteiger partial charge in [-0.25, -0.2) is 0 Å². The average Bonchev–Trinajstić information content (AvgIpc) is 3.20. The molecule has 0 saturated carbocycles. The summed E-state index contributed by atoms with van der Waals surface area (Å²) in [6.07, 6.45) is 5.96. The molecule has 1 aliphatic heterocycles. The summed E-state index contributed by atoms with van der Waals surface area (Å²) in [5, 5.41) is 4.41. The van der Waals surface area contributed by atoms with Crippen molar-refractivity contribution in [1.82, 2.24) is 9.80 Å². The Hall–Kier alpha value is -1.85. The maximum absolute atomic E-state index is 5.92. The minimum Gasteiger partial charge on any atom is -0.467 e. The van der Waals surface area contributed by atoms with Crippen LogP contribution in [0.25, 0.3) is 0 Å². The summed E-state index contributed by atoms with van der Waals surface area (Å²) in [5.74, 6) is 0.956. The summed E-state index contributed by atoms with van der Waals surface area (Å²) in [6, 6.07) is 10.9. The van der Waals surface area contributed by atoms with E-state index in [-0.39, 0.29) is 0 Å². The zero-order chi connectivity index (χ0) is 19.2. The molecule has 0 amide bonds. The van der Waals surface area contributed by atoms with Crippen molar-refractivity contribution in [2.75, 3.05) is 25.5 Å². The first kappa shape index (κ1) is 19.9. The summed E-state index contributed by atoms with van der Waals surface area (Å²) >= 11 is 5.92. The largest absolute Gasteiger partial charge is 0.467 e. The van der Waals surface area contributed by atoms with Crippen molar-refractivity contribution in [3.63, 3.8) is 0 Å². The van der Waals surface area contributed by atoms with Crippen LogP contribution in [0.2, 0.25) is 0 Å². The Morgan fingerprint density at radius 1 is 1.15 bits per heavy atom. The Bertz CT molecular complexity index is 714. The highest BCUT2D eigenvalue weighted by molar-refractivity contribution is 7.80. The number of benzene rings is 1. The van der Waals surface area contributed by atoms with Gasteiger partial charge in [-0.05, 0) is 81.3 Å². The van der Waals surface area contributed by atoms with Gasteiger partial charge < -0.3 is 19.5 Å². The number of likely N-dealkylation sites (tertiary alicyclic amines) is 1. The highest BCUT2D eigenvalue weighted by Gasteiger charge is 2.26. The Kier molecular flexibility index (Phi) is 6.91. The molecule has 0 atom stereocenters. The normalized spacial score (nSPS) is 15.7. The smallest absolute Gasteiger partial charge is 0.174 e. The number of para-hydroxylation sites is 1. The number of anilines is 1. The molecule has 1 aromatic carbocycles. The fourth-order valence-corrected chi connectivity index (χ4v) is 4.14. The number of piperidine rings is 1. The van der Waals surface area contributed by atoms with Crippen LogP contribution < -0.4 is 5.32 Å². The minimum atomic E-state index is 0.435. The lowest BCUT2D eigenvalue weighted by Crippen LogP contribution is -2.47.